The molecule has 0 aliphatic carbocycles. The van der Waals surface area contributed by atoms with E-state index in [1.54, 1.807) is 11.6 Å². The lowest BCUT2D eigenvalue weighted by atomic mass is 9.99. The summed E-state index contributed by atoms with van der Waals surface area (Å²) in [5.41, 5.74) is 1.07. The predicted octanol–water partition coefficient (Wildman–Crippen LogP) is 1.19. The molecule has 0 N–H and O–H groups in total. The molecule has 0 aromatic carbocycles. The Hall–Kier alpha value is -1.40. The molecule has 2 saturated heterocycles. The summed E-state index contributed by atoms with van der Waals surface area (Å²) in [6, 6.07) is -0.0260. The average Bonchev–Trinajstić information content (AvgIpc) is 2.94. The highest BCUT2D eigenvalue weighted by Gasteiger charge is 2.36. The normalized spacial score (nSPS) is 27.1. The van der Waals surface area contributed by atoms with E-state index in [0.717, 1.165) is 25.2 Å². The average molecular weight is 306 g/mol. The molecule has 2 aliphatic heterocycles. The number of amides is 1. The zero-order valence-corrected chi connectivity index (χ0v) is 13.6. The molecule has 1 amide bonds. The number of hydrogen-bond acceptors (Lipinski definition) is 4. The van der Waals surface area contributed by atoms with Crippen molar-refractivity contribution in [3.8, 4) is 0 Å². The van der Waals surface area contributed by atoms with Crippen LogP contribution in [-0.2, 0) is 16.6 Å². The van der Waals surface area contributed by atoms with Gasteiger partial charge in [-0.15, -0.1) is 0 Å². The van der Waals surface area contributed by atoms with Crippen LogP contribution in [0.5, 0.6) is 0 Å². The summed E-state index contributed by atoms with van der Waals surface area (Å²) in [7, 11) is 1.91. The third kappa shape index (κ3) is 3.33. The first kappa shape index (κ1) is 15.5. The molecule has 2 fully saturated rings. The standard InChI is InChI=1S/C16H26N4O2/c1-13(21)20-8-9-22-15(12-19-6-4-3-5-7-19)16(20)14-10-17-18(2)11-14/h10-11,15-16H,3-9,12H2,1-2H3/t15-,16-/m0/s1. The van der Waals surface area contributed by atoms with Crippen LogP contribution in [-0.4, -0.2) is 64.4 Å². The van der Waals surface area contributed by atoms with Crippen molar-refractivity contribution in [1.29, 1.82) is 0 Å². The molecule has 122 valence electrons. The van der Waals surface area contributed by atoms with Crippen molar-refractivity contribution >= 4 is 5.91 Å². The van der Waals surface area contributed by atoms with Crippen LogP contribution in [0.3, 0.4) is 0 Å². The number of carbonyl (C=O) groups is 1. The molecule has 3 rings (SSSR count). The highest BCUT2D eigenvalue weighted by molar-refractivity contribution is 5.74. The van der Waals surface area contributed by atoms with Gasteiger partial charge in [-0.25, -0.2) is 0 Å². The Kier molecular flexibility index (Phi) is 4.78. The molecule has 2 aliphatic rings. The van der Waals surface area contributed by atoms with Crippen LogP contribution >= 0.6 is 0 Å². The molecule has 0 bridgehead atoms. The molecule has 2 atom stereocenters. The molecular weight excluding hydrogens is 280 g/mol. The molecule has 0 unspecified atom stereocenters. The highest BCUT2D eigenvalue weighted by atomic mass is 16.5. The van der Waals surface area contributed by atoms with Crippen LogP contribution in [0.15, 0.2) is 12.4 Å². The van der Waals surface area contributed by atoms with E-state index in [1.807, 2.05) is 24.3 Å². The van der Waals surface area contributed by atoms with Gasteiger partial charge in [0.25, 0.3) is 0 Å². The molecule has 6 nitrogen and oxygen atoms in total. The second kappa shape index (κ2) is 6.79. The first-order valence-electron chi connectivity index (χ1n) is 8.25. The van der Waals surface area contributed by atoms with Crippen molar-refractivity contribution in [2.75, 3.05) is 32.8 Å². The predicted molar refractivity (Wildman–Crippen MR) is 83.4 cm³/mol. The van der Waals surface area contributed by atoms with Gasteiger partial charge >= 0.3 is 0 Å². The zero-order valence-electron chi connectivity index (χ0n) is 13.6. The Morgan fingerprint density at radius 3 is 2.73 bits per heavy atom. The van der Waals surface area contributed by atoms with Gasteiger partial charge in [-0.05, 0) is 25.9 Å². The Balaban J connectivity index is 1.80. The number of aromatic nitrogens is 2. The van der Waals surface area contributed by atoms with Gasteiger partial charge in [0, 0.05) is 38.8 Å². The number of likely N-dealkylation sites (tertiary alicyclic amines) is 1. The molecule has 1 aromatic heterocycles. The smallest absolute Gasteiger partial charge is 0.220 e. The van der Waals surface area contributed by atoms with Crippen LogP contribution in [0.4, 0.5) is 0 Å². The lowest BCUT2D eigenvalue weighted by Crippen LogP contribution is -2.51. The Labute approximate surface area is 132 Å². The summed E-state index contributed by atoms with van der Waals surface area (Å²) in [5, 5.41) is 4.28. The maximum absolute atomic E-state index is 12.1. The van der Waals surface area contributed by atoms with Gasteiger partial charge in [0.05, 0.1) is 24.9 Å². The van der Waals surface area contributed by atoms with Crippen LogP contribution in [0, 0.1) is 0 Å². The zero-order chi connectivity index (χ0) is 15.5. The van der Waals surface area contributed by atoms with Gasteiger partial charge < -0.3 is 14.5 Å². The summed E-state index contributed by atoms with van der Waals surface area (Å²) < 4.78 is 7.86. The van der Waals surface area contributed by atoms with Crippen LogP contribution in [0.1, 0.15) is 37.8 Å². The monoisotopic (exact) mass is 306 g/mol. The van der Waals surface area contributed by atoms with Crippen LogP contribution < -0.4 is 0 Å². The summed E-state index contributed by atoms with van der Waals surface area (Å²) in [6.07, 6.45) is 7.74. The Morgan fingerprint density at radius 1 is 1.32 bits per heavy atom. The molecule has 6 heteroatoms. The minimum atomic E-state index is -0.0260. The van der Waals surface area contributed by atoms with Crippen molar-refractivity contribution in [3.63, 3.8) is 0 Å². The van der Waals surface area contributed by atoms with Crippen molar-refractivity contribution in [3.05, 3.63) is 18.0 Å². The quantitative estimate of drug-likeness (QED) is 0.842. The fourth-order valence-electron chi connectivity index (χ4n) is 3.62. The van der Waals surface area contributed by atoms with Crippen LogP contribution in [0.2, 0.25) is 0 Å². The van der Waals surface area contributed by atoms with Crippen LogP contribution in [0.25, 0.3) is 0 Å². The largest absolute Gasteiger partial charge is 0.373 e. The molecule has 0 saturated carbocycles. The van der Waals surface area contributed by atoms with Crippen molar-refractivity contribution in [2.24, 2.45) is 7.05 Å². The number of nitrogens with zero attached hydrogens (tertiary/aromatic N) is 4. The second-order valence-corrected chi connectivity index (χ2v) is 6.38. The maximum atomic E-state index is 12.1. The third-order valence-corrected chi connectivity index (χ3v) is 4.71. The van der Waals surface area contributed by atoms with E-state index < -0.39 is 0 Å². The maximum Gasteiger partial charge on any atom is 0.220 e. The molecule has 1 aromatic rings. The fraction of sp³-hybridized carbons (Fsp3) is 0.750. The number of morpholine rings is 1. The molecular formula is C16H26N4O2. The van der Waals surface area contributed by atoms with Gasteiger partial charge in [0.2, 0.25) is 5.91 Å². The number of aryl methyl sites for hydroxylation is 1. The minimum Gasteiger partial charge on any atom is -0.373 e. The first-order valence-corrected chi connectivity index (χ1v) is 8.25. The SMILES string of the molecule is CC(=O)N1CCO[C@@H](CN2CCCCC2)[C@@H]1c1cnn(C)c1. The van der Waals surface area contributed by atoms with E-state index in [0.29, 0.717) is 13.2 Å². The van der Waals surface area contributed by atoms with Gasteiger partial charge in [-0.2, -0.15) is 5.10 Å². The minimum absolute atomic E-state index is 0.0260. The van der Waals surface area contributed by atoms with Crippen molar-refractivity contribution < 1.29 is 9.53 Å². The number of ether oxygens (including phenoxy) is 1. The lowest BCUT2D eigenvalue weighted by Gasteiger charge is -2.42. The number of carbonyl (C=O) groups excluding carboxylic acids is 1. The van der Waals surface area contributed by atoms with E-state index in [1.165, 1.54) is 19.3 Å². The summed E-state index contributed by atoms with van der Waals surface area (Å²) in [6.45, 7) is 6.09. The number of rotatable bonds is 3. The first-order chi connectivity index (χ1) is 10.6. The van der Waals surface area contributed by atoms with E-state index in [2.05, 4.69) is 10.00 Å². The molecule has 0 spiro atoms. The number of hydrogen-bond donors (Lipinski definition) is 0. The lowest BCUT2D eigenvalue weighted by molar-refractivity contribution is -0.146. The topological polar surface area (TPSA) is 50.6 Å². The summed E-state index contributed by atoms with van der Waals surface area (Å²) >= 11 is 0. The van der Waals surface area contributed by atoms with E-state index in [-0.39, 0.29) is 18.1 Å². The van der Waals surface area contributed by atoms with E-state index >= 15 is 0 Å². The van der Waals surface area contributed by atoms with E-state index in [9.17, 15) is 4.79 Å². The van der Waals surface area contributed by atoms with Gasteiger partial charge in [0.1, 0.15) is 0 Å². The second-order valence-electron chi connectivity index (χ2n) is 6.38. The number of piperidine rings is 1. The molecule has 0 radical (unpaired) electrons. The molecule has 3 heterocycles. The summed E-state index contributed by atoms with van der Waals surface area (Å²) in [5.74, 6) is 0.112. The van der Waals surface area contributed by atoms with Gasteiger partial charge in [-0.3, -0.25) is 9.48 Å². The Morgan fingerprint density at radius 2 is 2.09 bits per heavy atom. The molecule has 22 heavy (non-hydrogen) atoms. The van der Waals surface area contributed by atoms with E-state index in [4.69, 9.17) is 4.74 Å². The summed E-state index contributed by atoms with van der Waals surface area (Å²) in [4.78, 5) is 16.5. The van der Waals surface area contributed by atoms with Crippen molar-refractivity contribution in [1.82, 2.24) is 19.6 Å². The fourth-order valence-corrected chi connectivity index (χ4v) is 3.62. The van der Waals surface area contributed by atoms with Gasteiger partial charge in [-0.1, -0.05) is 6.42 Å². The van der Waals surface area contributed by atoms with Crippen molar-refractivity contribution in [2.45, 2.75) is 38.3 Å². The Bertz CT molecular complexity index is 510. The third-order valence-electron chi connectivity index (χ3n) is 4.71. The highest BCUT2D eigenvalue weighted by Crippen LogP contribution is 2.30. The van der Waals surface area contributed by atoms with Gasteiger partial charge in [0.15, 0.2) is 0 Å².